The molecule has 5 heterocycles. The summed E-state index contributed by atoms with van der Waals surface area (Å²) in [6, 6.07) is 11.3. The van der Waals surface area contributed by atoms with Crippen LogP contribution < -0.4 is 10.2 Å². The Kier molecular flexibility index (Phi) is 5.24. The number of ether oxygens (including phenoxy) is 1. The lowest BCUT2D eigenvalue weighted by atomic mass is 10.0. The molecule has 7 nitrogen and oxygen atoms in total. The molecule has 6 rings (SSSR count). The minimum Gasteiger partial charge on any atom is -0.378 e. The van der Waals surface area contributed by atoms with Crippen LogP contribution in [0.15, 0.2) is 30.3 Å². The molecule has 8 heteroatoms. The van der Waals surface area contributed by atoms with Crippen molar-refractivity contribution in [2.45, 2.75) is 32.9 Å². The summed E-state index contributed by atoms with van der Waals surface area (Å²) in [7, 11) is 2.15. The first-order valence-electron chi connectivity index (χ1n) is 11.8. The predicted molar refractivity (Wildman–Crippen MR) is 136 cm³/mol. The molecule has 1 saturated heterocycles. The lowest BCUT2D eigenvalue weighted by Gasteiger charge is -2.30. The van der Waals surface area contributed by atoms with Crippen LogP contribution in [0.5, 0.6) is 0 Å². The molecule has 33 heavy (non-hydrogen) atoms. The average molecular weight is 463 g/mol. The maximum atomic E-state index is 5.48. The first kappa shape index (κ1) is 20.9. The van der Waals surface area contributed by atoms with E-state index in [1.54, 1.807) is 11.3 Å². The number of fused-ring (bicyclic) bond motifs is 4. The number of hydrogen-bond donors (Lipinski definition) is 1. The number of aromatic nitrogens is 3. The molecule has 2 aliphatic heterocycles. The minimum atomic E-state index is 0.563. The molecule has 172 valence electrons. The van der Waals surface area contributed by atoms with E-state index in [-0.39, 0.29) is 0 Å². The molecule has 2 aliphatic rings. The van der Waals surface area contributed by atoms with E-state index in [0.29, 0.717) is 6.04 Å². The van der Waals surface area contributed by atoms with Crippen LogP contribution in [0.25, 0.3) is 21.3 Å². The van der Waals surface area contributed by atoms with Gasteiger partial charge >= 0.3 is 0 Å². The Balaban J connectivity index is 1.28. The number of rotatable bonds is 4. The van der Waals surface area contributed by atoms with Gasteiger partial charge < -0.3 is 19.5 Å². The first-order valence-corrected chi connectivity index (χ1v) is 12.6. The highest BCUT2D eigenvalue weighted by atomic mass is 32.1. The van der Waals surface area contributed by atoms with Crippen molar-refractivity contribution in [1.29, 1.82) is 0 Å². The minimum absolute atomic E-state index is 0.563. The number of anilines is 3. The van der Waals surface area contributed by atoms with E-state index in [1.165, 1.54) is 21.3 Å². The SMILES string of the molecule is CC(C)N1CCc2c(c3ccc(Nc4ccc5nc(N6CCOCC6)sc5c4)nc3n2C)C1. The molecule has 1 N–H and O–H groups in total. The highest BCUT2D eigenvalue weighted by Gasteiger charge is 2.25. The summed E-state index contributed by atoms with van der Waals surface area (Å²) in [5.41, 5.74) is 6.00. The summed E-state index contributed by atoms with van der Waals surface area (Å²) in [5.74, 6) is 0.874. The molecular weight excluding hydrogens is 432 g/mol. The number of thiazole rings is 1. The monoisotopic (exact) mass is 462 g/mol. The van der Waals surface area contributed by atoms with Crippen molar-refractivity contribution in [2.24, 2.45) is 7.05 Å². The van der Waals surface area contributed by atoms with Crippen LogP contribution >= 0.6 is 11.3 Å². The van der Waals surface area contributed by atoms with Crippen LogP contribution in [0.3, 0.4) is 0 Å². The third kappa shape index (κ3) is 3.76. The van der Waals surface area contributed by atoms with Crippen molar-refractivity contribution in [3.05, 3.63) is 41.6 Å². The number of morpholine rings is 1. The third-order valence-electron chi connectivity index (χ3n) is 6.93. The molecule has 0 spiro atoms. The van der Waals surface area contributed by atoms with E-state index in [2.05, 4.69) is 70.9 Å². The van der Waals surface area contributed by atoms with Crippen LogP contribution in [0.4, 0.5) is 16.6 Å². The first-order chi connectivity index (χ1) is 16.1. The second kappa shape index (κ2) is 8.27. The van der Waals surface area contributed by atoms with Gasteiger partial charge in [-0.15, -0.1) is 0 Å². The molecule has 0 atom stereocenters. The topological polar surface area (TPSA) is 58.4 Å². The highest BCUT2D eigenvalue weighted by Crippen LogP contribution is 2.33. The van der Waals surface area contributed by atoms with Crippen LogP contribution in [0.2, 0.25) is 0 Å². The van der Waals surface area contributed by atoms with Crippen molar-refractivity contribution in [3.63, 3.8) is 0 Å². The second-order valence-electron chi connectivity index (χ2n) is 9.27. The van der Waals surface area contributed by atoms with Crippen molar-refractivity contribution in [3.8, 4) is 0 Å². The average Bonchev–Trinajstić information content (AvgIpc) is 3.38. The zero-order chi connectivity index (χ0) is 22.5. The van der Waals surface area contributed by atoms with E-state index in [4.69, 9.17) is 14.7 Å². The smallest absolute Gasteiger partial charge is 0.186 e. The fourth-order valence-electron chi connectivity index (χ4n) is 4.99. The van der Waals surface area contributed by atoms with E-state index >= 15 is 0 Å². The normalized spacial score (nSPS) is 17.3. The van der Waals surface area contributed by atoms with Gasteiger partial charge in [0.15, 0.2) is 5.13 Å². The highest BCUT2D eigenvalue weighted by molar-refractivity contribution is 7.22. The second-order valence-corrected chi connectivity index (χ2v) is 10.3. The number of benzene rings is 1. The van der Waals surface area contributed by atoms with Gasteiger partial charge in [0.25, 0.3) is 0 Å². The van der Waals surface area contributed by atoms with Gasteiger partial charge in [0.1, 0.15) is 11.5 Å². The zero-order valence-corrected chi connectivity index (χ0v) is 20.3. The van der Waals surface area contributed by atoms with Gasteiger partial charge in [0.2, 0.25) is 0 Å². The van der Waals surface area contributed by atoms with Gasteiger partial charge in [0.05, 0.1) is 23.4 Å². The number of pyridine rings is 1. The Bertz CT molecular complexity index is 1320. The van der Waals surface area contributed by atoms with Gasteiger partial charge in [-0.25, -0.2) is 9.97 Å². The van der Waals surface area contributed by atoms with Crippen molar-refractivity contribution >= 4 is 49.2 Å². The van der Waals surface area contributed by atoms with Gasteiger partial charge in [-0.05, 0) is 49.7 Å². The molecular formula is C25H30N6OS. The standard InChI is InChI=1S/C25H30N6OS/c1-16(2)31-9-8-21-19(15-31)18-5-7-23(28-24(18)29(21)3)26-17-4-6-20-22(14-17)33-25(27-20)30-10-12-32-13-11-30/h4-7,14,16H,8-13,15H2,1-3H3,(H,26,28). The third-order valence-corrected chi connectivity index (χ3v) is 8.01. The van der Waals surface area contributed by atoms with E-state index < -0.39 is 0 Å². The molecule has 0 saturated carbocycles. The number of hydrogen-bond acceptors (Lipinski definition) is 7. The summed E-state index contributed by atoms with van der Waals surface area (Å²) >= 11 is 1.74. The number of aryl methyl sites for hydroxylation is 1. The van der Waals surface area contributed by atoms with E-state index in [0.717, 1.165) is 73.6 Å². The maximum absolute atomic E-state index is 5.48. The van der Waals surface area contributed by atoms with Crippen LogP contribution in [0.1, 0.15) is 25.1 Å². The lowest BCUT2D eigenvalue weighted by molar-refractivity contribution is 0.122. The molecule has 4 aromatic rings. The molecule has 0 bridgehead atoms. The molecule has 0 amide bonds. The van der Waals surface area contributed by atoms with Crippen LogP contribution in [-0.4, -0.2) is 58.3 Å². The van der Waals surface area contributed by atoms with Crippen molar-refractivity contribution in [2.75, 3.05) is 43.1 Å². The van der Waals surface area contributed by atoms with Crippen LogP contribution in [-0.2, 0) is 24.8 Å². The fraction of sp³-hybridized carbons (Fsp3) is 0.440. The fourth-order valence-corrected chi connectivity index (χ4v) is 6.05. The maximum Gasteiger partial charge on any atom is 0.186 e. The summed E-state index contributed by atoms with van der Waals surface area (Å²) < 4.78 is 8.95. The Morgan fingerprint density at radius 2 is 1.91 bits per heavy atom. The Morgan fingerprint density at radius 1 is 1.06 bits per heavy atom. The molecule has 0 aliphatic carbocycles. The van der Waals surface area contributed by atoms with Crippen molar-refractivity contribution in [1.82, 2.24) is 19.4 Å². The zero-order valence-electron chi connectivity index (χ0n) is 19.5. The predicted octanol–water partition coefficient (Wildman–Crippen LogP) is 4.53. The Hall–Kier alpha value is -2.68. The largest absolute Gasteiger partial charge is 0.378 e. The Morgan fingerprint density at radius 3 is 2.73 bits per heavy atom. The summed E-state index contributed by atoms with van der Waals surface area (Å²) in [6.45, 7) is 10.0. The molecule has 0 unspecified atom stereocenters. The number of nitrogens with zero attached hydrogens (tertiary/aromatic N) is 5. The van der Waals surface area contributed by atoms with Gasteiger partial charge in [-0.3, -0.25) is 4.90 Å². The number of nitrogens with one attached hydrogen (secondary N) is 1. The molecule has 3 aromatic heterocycles. The van der Waals surface area contributed by atoms with Crippen LogP contribution in [0, 0.1) is 0 Å². The van der Waals surface area contributed by atoms with Crippen molar-refractivity contribution < 1.29 is 4.74 Å². The van der Waals surface area contributed by atoms with E-state index in [1.807, 2.05) is 0 Å². The van der Waals surface area contributed by atoms with Gasteiger partial charge in [-0.1, -0.05) is 11.3 Å². The Labute approximate surface area is 198 Å². The van der Waals surface area contributed by atoms with E-state index in [9.17, 15) is 0 Å². The molecule has 1 aromatic carbocycles. The summed E-state index contributed by atoms with van der Waals surface area (Å²) in [4.78, 5) is 14.7. The molecule has 0 radical (unpaired) electrons. The molecule has 1 fully saturated rings. The summed E-state index contributed by atoms with van der Waals surface area (Å²) in [6.07, 6.45) is 1.08. The quantitative estimate of drug-likeness (QED) is 0.481. The van der Waals surface area contributed by atoms with Gasteiger partial charge in [-0.2, -0.15) is 0 Å². The summed E-state index contributed by atoms with van der Waals surface area (Å²) in [5, 5.41) is 5.88. The lowest BCUT2D eigenvalue weighted by Crippen LogP contribution is -2.36. The van der Waals surface area contributed by atoms with Gasteiger partial charge in [0, 0.05) is 62.5 Å².